The zero-order valence-corrected chi connectivity index (χ0v) is 22.3. The van der Waals surface area contributed by atoms with Crippen molar-refractivity contribution in [1.29, 1.82) is 0 Å². The molecule has 1 amide bonds. The normalized spacial score (nSPS) is 21.1. The first-order chi connectivity index (χ1) is 17.7. The Balaban J connectivity index is 1.33. The van der Waals surface area contributed by atoms with Crippen LogP contribution < -0.4 is 25.6 Å². The summed E-state index contributed by atoms with van der Waals surface area (Å²) in [5, 5.41) is 3.01. The average molecular weight is 509 g/mol. The van der Waals surface area contributed by atoms with Gasteiger partial charge in [0, 0.05) is 37.8 Å². The lowest BCUT2D eigenvalue weighted by Gasteiger charge is -2.34. The zero-order valence-electron chi connectivity index (χ0n) is 22.3. The van der Waals surface area contributed by atoms with Crippen LogP contribution in [0.2, 0.25) is 0 Å². The van der Waals surface area contributed by atoms with Crippen molar-refractivity contribution in [3.63, 3.8) is 0 Å². The third-order valence-electron chi connectivity index (χ3n) is 7.71. The van der Waals surface area contributed by atoms with Crippen molar-refractivity contribution in [3.05, 3.63) is 35.9 Å². The van der Waals surface area contributed by atoms with Crippen LogP contribution in [0.15, 0.2) is 30.3 Å². The predicted molar refractivity (Wildman–Crippen MR) is 146 cm³/mol. The highest BCUT2D eigenvalue weighted by Gasteiger charge is 2.45. The van der Waals surface area contributed by atoms with Gasteiger partial charge in [0.15, 0.2) is 0 Å². The molecule has 2 saturated heterocycles. The molecule has 0 aromatic carbocycles. The van der Waals surface area contributed by atoms with Crippen LogP contribution in [0.1, 0.15) is 63.2 Å². The predicted octanol–water partition coefficient (Wildman–Crippen LogP) is 3.84. The Morgan fingerprint density at radius 3 is 2.62 bits per heavy atom. The van der Waals surface area contributed by atoms with Crippen LogP contribution in [0.4, 0.5) is 17.5 Å². The standard InChI is InChI=1S/C28H40N6O3/c1-20-19-34(16-18-36-20)23-6-4-5-22(30-23)31-26(35)21-7-8-24(37-17-13-27(2,3)29)32-25(21)33-14-11-28(9-10-28)12-15-33/h4-8,20H,9-19,29H2,1-3H3,(H,30,31,35). The molecule has 9 nitrogen and oxygen atoms in total. The molecule has 37 heavy (non-hydrogen) atoms. The van der Waals surface area contributed by atoms with Gasteiger partial charge in [0.1, 0.15) is 17.5 Å². The van der Waals surface area contributed by atoms with Crippen LogP contribution in [0.25, 0.3) is 0 Å². The molecule has 0 bridgehead atoms. The van der Waals surface area contributed by atoms with E-state index < -0.39 is 0 Å². The van der Waals surface area contributed by atoms with Gasteiger partial charge in [0.05, 0.1) is 24.9 Å². The summed E-state index contributed by atoms with van der Waals surface area (Å²) >= 11 is 0. The zero-order chi connectivity index (χ0) is 26.0. The van der Waals surface area contributed by atoms with Crippen LogP contribution in [-0.4, -0.2) is 66.9 Å². The lowest BCUT2D eigenvalue weighted by Crippen LogP contribution is -2.41. The van der Waals surface area contributed by atoms with Gasteiger partial charge < -0.3 is 30.3 Å². The molecule has 2 aromatic heterocycles. The van der Waals surface area contributed by atoms with Crippen molar-refractivity contribution < 1.29 is 14.3 Å². The number of nitrogens with two attached hydrogens (primary N) is 1. The van der Waals surface area contributed by atoms with Crippen molar-refractivity contribution in [2.45, 2.75) is 64.5 Å². The number of hydrogen-bond acceptors (Lipinski definition) is 8. The lowest BCUT2D eigenvalue weighted by atomic mass is 9.93. The summed E-state index contributed by atoms with van der Waals surface area (Å²) in [5.41, 5.74) is 6.85. The monoisotopic (exact) mass is 508 g/mol. The molecule has 5 rings (SSSR count). The number of carbonyl (C=O) groups excluding carboxylic acids is 1. The molecule has 2 aliphatic heterocycles. The molecule has 3 N–H and O–H groups in total. The molecule has 4 heterocycles. The molecule has 1 unspecified atom stereocenters. The van der Waals surface area contributed by atoms with Gasteiger partial charge in [-0.1, -0.05) is 6.07 Å². The van der Waals surface area contributed by atoms with Gasteiger partial charge in [-0.25, -0.2) is 4.98 Å². The summed E-state index contributed by atoms with van der Waals surface area (Å²) in [6.45, 7) is 10.5. The first kappa shape index (κ1) is 25.7. The number of nitrogens with one attached hydrogen (secondary N) is 1. The topological polar surface area (TPSA) is 106 Å². The highest BCUT2D eigenvalue weighted by atomic mass is 16.5. The van der Waals surface area contributed by atoms with Gasteiger partial charge >= 0.3 is 0 Å². The summed E-state index contributed by atoms with van der Waals surface area (Å²) < 4.78 is 11.6. The van der Waals surface area contributed by atoms with Crippen molar-refractivity contribution >= 4 is 23.4 Å². The van der Waals surface area contributed by atoms with E-state index in [-0.39, 0.29) is 17.6 Å². The Bertz CT molecular complexity index is 1100. The summed E-state index contributed by atoms with van der Waals surface area (Å²) in [6, 6.07) is 9.30. The molecule has 2 aromatic rings. The van der Waals surface area contributed by atoms with Gasteiger partial charge in [-0.05, 0) is 76.5 Å². The second kappa shape index (κ2) is 10.5. The fraction of sp³-hybridized carbons (Fsp3) is 0.607. The maximum atomic E-state index is 13.5. The van der Waals surface area contributed by atoms with Crippen LogP contribution in [0.5, 0.6) is 5.88 Å². The van der Waals surface area contributed by atoms with Gasteiger partial charge in [-0.2, -0.15) is 4.98 Å². The maximum absolute atomic E-state index is 13.5. The molecular formula is C28H40N6O3. The van der Waals surface area contributed by atoms with E-state index in [9.17, 15) is 4.79 Å². The van der Waals surface area contributed by atoms with E-state index in [1.165, 1.54) is 12.8 Å². The average Bonchev–Trinajstić information content (AvgIpc) is 3.62. The second-order valence-corrected chi connectivity index (χ2v) is 11.6. The van der Waals surface area contributed by atoms with E-state index in [1.807, 2.05) is 38.1 Å². The number of ether oxygens (including phenoxy) is 2. The minimum atomic E-state index is -0.311. The van der Waals surface area contributed by atoms with E-state index in [2.05, 4.69) is 22.0 Å². The van der Waals surface area contributed by atoms with Gasteiger partial charge in [0.2, 0.25) is 5.88 Å². The van der Waals surface area contributed by atoms with Crippen molar-refractivity contribution in [2.75, 3.05) is 54.5 Å². The molecule has 0 radical (unpaired) electrons. The second-order valence-electron chi connectivity index (χ2n) is 11.6. The van der Waals surface area contributed by atoms with E-state index in [0.717, 1.165) is 44.8 Å². The quantitative estimate of drug-likeness (QED) is 0.554. The number of amides is 1. The van der Waals surface area contributed by atoms with E-state index in [0.29, 0.717) is 48.1 Å². The summed E-state index contributed by atoms with van der Waals surface area (Å²) in [5.74, 6) is 2.33. The van der Waals surface area contributed by atoms with E-state index in [1.54, 1.807) is 6.07 Å². The number of carbonyl (C=O) groups is 1. The molecule has 200 valence electrons. The number of morpholine rings is 1. The number of pyridine rings is 2. The minimum Gasteiger partial charge on any atom is -0.478 e. The highest BCUT2D eigenvalue weighted by molar-refractivity contribution is 6.07. The van der Waals surface area contributed by atoms with Gasteiger partial charge in [-0.15, -0.1) is 0 Å². The molecule has 3 fully saturated rings. The SMILES string of the molecule is CC1CN(c2cccc(NC(=O)c3ccc(OCCC(C)(C)N)nc3N3CCC4(CC3)CC4)n2)CCO1. The molecule has 3 aliphatic rings. The fourth-order valence-corrected chi connectivity index (χ4v) is 5.10. The van der Waals surface area contributed by atoms with Gasteiger partial charge in [0.25, 0.3) is 5.91 Å². The number of hydrogen-bond donors (Lipinski definition) is 2. The van der Waals surface area contributed by atoms with Crippen molar-refractivity contribution in [2.24, 2.45) is 11.1 Å². The van der Waals surface area contributed by atoms with Crippen LogP contribution in [0.3, 0.4) is 0 Å². The van der Waals surface area contributed by atoms with Crippen LogP contribution in [0, 0.1) is 5.41 Å². The Hall–Kier alpha value is -2.91. The smallest absolute Gasteiger partial charge is 0.260 e. The van der Waals surface area contributed by atoms with E-state index in [4.69, 9.17) is 25.2 Å². The molecule has 1 atom stereocenters. The molecule has 1 saturated carbocycles. The molecule has 1 spiro atoms. The number of piperidine rings is 1. The minimum absolute atomic E-state index is 0.151. The Morgan fingerprint density at radius 2 is 1.92 bits per heavy atom. The summed E-state index contributed by atoms with van der Waals surface area (Å²) in [7, 11) is 0. The highest BCUT2D eigenvalue weighted by Crippen LogP contribution is 2.54. The summed E-state index contributed by atoms with van der Waals surface area (Å²) in [6.07, 6.45) is 5.79. The first-order valence-corrected chi connectivity index (χ1v) is 13.5. The third kappa shape index (κ3) is 6.51. The van der Waals surface area contributed by atoms with Gasteiger partial charge in [-0.3, -0.25) is 4.79 Å². The Morgan fingerprint density at radius 1 is 1.14 bits per heavy atom. The number of aromatic nitrogens is 2. The number of nitrogens with zero attached hydrogens (tertiary/aromatic N) is 4. The summed E-state index contributed by atoms with van der Waals surface area (Å²) in [4.78, 5) is 27.4. The maximum Gasteiger partial charge on any atom is 0.260 e. The van der Waals surface area contributed by atoms with Crippen LogP contribution in [-0.2, 0) is 4.74 Å². The largest absolute Gasteiger partial charge is 0.478 e. The first-order valence-electron chi connectivity index (χ1n) is 13.5. The number of rotatable bonds is 8. The third-order valence-corrected chi connectivity index (χ3v) is 7.71. The molecule has 1 aliphatic carbocycles. The van der Waals surface area contributed by atoms with E-state index >= 15 is 0 Å². The number of anilines is 3. The Labute approximate surface area is 219 Å². The van der Waals surface area contributed by atoms with Crippen LogP contribution >= 0.6 is 0 Å². The fourth-order valence-electron chi connectivity index (χ4n) is 5.10. The lowest BCUT2D eigenvalue weighted by molar-refractivity contribution is 0.0529. The Kier molecular flexibility index (Phi) is 7.27. The van der Waals surface area contributed by atoms with Crippen molar-refractivity contribution in [1.82, 2.24) is 9.97 Å². The molecular weight excluding hydrogens is 468 g/mol. The molecule has 9 heteroatoms. The van der Waals surface area contributed by atoms with Crippen molar-refractivity contribution in [3.8, 4) is 5.88 Å².